The molecule has 1 aliphatic heterocycles. The Kier molecular flexibility index (Phi) is 5.28. The lowest BCUT2D eigenvalue weighted by Crippen LogP contribution is -2.50. The van der Waals surface area contributed by atoms with Gasteiger partial charge in [0.2, 0.25) is 0 Å². The lowest BCUT2D eigenvalue weighted by atomic mass is 10.0. The molecule has 1 saturated heterocycles. The van der Waals surface area contributed by atoms with Crippen LogP contribution in [0.15, 0.2) is 30.3 Å². The topological polar surface area (TPSA) is 32.5 Å². The average Bonchev–Trinajstić information content (AvgIpc) is 3.08. The summed E-state index contributed by atoms with van der Waals surface area (Å²) in [5.74, 6) is 0. The minimum Gasteiger partial charge on any atom is -0.324 e. The number of benzene rings is 1. The van der Waals surface area contributed by atoms with Crippen LogP contribution in [-0.4, -0.2) is 48.6 Å². The molecule has 0 spiro atoms. The largest absolute Gasteiger partial charge is 0.324 e. The van der Waals surface area contributed by atoms with Gasteiger partial charge in [0.1, 0.15) is 0 Å². The van der Waals surface area contributed by atoms with Gasteiger partial charge in [-0.3, -0.25) is 4.90 Å². The molecule has 0 amide bonds. The zero-order valence-corrected chi connectivity index (χ0v) is 13.1. The molecule has 1 saturated carbocycles. The van der Waals surface area contributed by atoms with Crippen LogP contribution in [0, 0.1) is 0 Å². The first-order valence-electron chi connectivity index (χ1n) is 8.60. The van der Waals surface area contributed by atoms with E-state index >= 15 is 0 Å². The summed E-state index contributed by atoms with van der Waals surface area (Å²) < 4.78 is 0. The smallest absolute Gasteiger partial charge is 0.0307 e. The van der Waals surface area contributed by atoms with E-state index < -0.39 is 0 Å². The van der Waals surface area contributed by atoms with Gasteiger partial charge < -0.3 is 10.6 Å². The van der Waals surface area contributed by atoms with Crippen LogP contribution in [0.2, 0.25) is 0 Å². The SMILES string of the molecule is NC(CCN1CCN(C2CCCC2)CC1)c1ccccc1. The van der Waals surface area contributed by atoms with E-state index in [9.17, 15) is 0 Å². The third-order valence-electron chi connectivity index (χ3n) is 5.23. The van der Waals surface area contributed by atoms with Crippen molar-refractivity contribution in [1.82, 2.24) is 9.80 Å². The molecule has 1 aromatic rings. The standard InChI is InChI=1S/C18H29N3/c19-18(16-6-2-1-3-7-16)10-11-20-12-14-21(15-13-20)17-8-4-5-9-17/h1-3,6-7,17-18H,4-5,8-15,19H2. The third-order valence-corrected chi connectivity index (χ3v) is 5.23. The molecule has 1 unspecified atom stereocenters. The zero-order valence-electron chi connectivity index (χ0n) is 13.1. The van der Waals surface area contributed by atoms with Crippen LogP contribution in [0.4, 0.5) is 0 Å². The fourth-order valence-corrected chi connectivity index (χ4v) is 3.81. The molecular formula is C18H29N3. The molecule has 0 bridgehead atoms. The first kappa shape index (κ1) is 15.0. The number of nitrogens with zero attached hydrogens (tertiary/aromatic N) is 2. The Hall–Kier alpha value is -0.900. The molecule has 1 aromatic carbocycles. The predicted octanol–water partition coefficient (Wildman–Crippen LogP) is 2.64. The van der Waals surface area contributed by atoms with Gasteiger partial charge in [0.05, 0.1) is 0 Å². The Morgan fingerprint density at radius 1 is 1.00 bits per heavy atom. The van der Waals surface area contributed by atoms with E-state index in [0.717, 1.165) is 19.0 Å². The van der Waals surface area contributed by atoms with Gasteiger partial charge in [0, 0.05) is 44.8 Å². The van der Waals surface area contributed by atoms with Gasteiger partial charge in [0.25, 0.3) is 0 Å². The van der Waals surface area contributed by atoms with Crippen LogP contribution < -0.4 is 5.73 Å². The number of hydrogen-bond acceptors (Lipinski definition) is 3. The lowest BCUT2D eigenvalue weighted by molar-refractivity contribution is 0.0960. The quantitative estimate of drug-likeness (QED) is 0.903. The molecule has 3 rings (SSSR count). The van der Waals surface area contributed by atoms with Crippen molar-refractivity contribution in [2.75, 3.05) is 32.7 Å². The number of rotatable bonds is 5. The molecule has 2 aliphatic rings. The Morgan fingerprint density at radius 2 is 1.67 bits per heavy atom. The summed E-state index contributed by atoms with van der Waals surface area (Å²) in [5, 5.41) is 0. The number of piperazine rings is 1. The van der Waals surface area contributed by atoms with E-state index in [4.69, 9.17) is 5.73 Å². The van der Waals surface area contributed by atoms with Crippen LogP contribution in [0.3, 0.4) is 0 Å². The average molecular weight is 287 g/mol. The molecule has 3 nitrogen and oxygen atoms in total. The van der Waals surface area contributed by atoms with Crippen LogP contribution in [0.25, 0.3) is 0 Å². The first-order valence-corrected chi connectivity index (χ1v) is 8.60. The molecule has 2 fully saturated rings. The van der Waals surface area contributed by atoms with Gasteiger partial charge in [0.15, 0.2) is 0 Å². The maximum Gasteiger partial charge on any atom is 0.0307 e. The van der Waals surface area contributed by atoms with E-state index in [0.29, 0.717) is 0 Å². The lowest BCUT2D eigenvalue weighted by Gasteiger charge is -2.38. The first-order chi connectivity index (χ1) is 10.3. The van der Waals surface area contributed by atoms with Crippen molar-refractivity contribution < 1.29 is 0 Å². The monoisotopic (exact) mass is 287 g/mol. The second kappa shape index (κ2) is 7.39. The van der Waals surface area contributed by atoms with E-state index in [-0.39, 0.29) is 6.04 Å². The van der Waals surface area contributed by atoms with Crippen molar-refractivity contribution in [3.63, 3.8) is 0 Å². The Labute approximate surface area is 129 Å². The highest BCUT2D eigenvalue weighted by Gasteiger charge is 2.26. The maximum absolute atomic E-state index is 6.30. The van der Waals surface area contributed by atoms with Gasteiger partial charge in [-0.1, -0.05) is 43.2 Å². The molecule has 3 heteroatoms. The summed E-state index contributed by atoms with van der Waals surface area (Å²) in [6.07, 6.45) is 6.80. The van der Waals surface area contributed by atoms with Gasteiger partial charge in [-0.2, -0.15) is 0 Å². The number of nitrogens with two attached hydrogens (primary N) is 1. The molecule has 21 heavy (non-hydrogen) atoms. The van der Waals surface area contributed by atoms with Crippen molar-refractivity contribution in [3.8, 4) is 0 Å². The van der Waals surface area contributed by atoms with Gasteiger partial charge in [-0.25, -0.2) is 0 Å². The molecule has 1 heterocycles. The van der Waals surface area contributed by atoms with E-state index in [1.54, 1.807) is 0 Å². The minimum atomic E-state index is 0.180. The molecule has 0 radical (unpaired) electrons. The van der Waals surface area contributed by atoms with Crippen LogP contribution in [0.5, 0.6) is 0 Å². The summed E-state index contributed by atoms with van der Waals surface area (Å²) in [5.41, 5.74) is 7.57. The van der Waals surface area contributed by atoms with Gasteiger partial charge >= 0.3 is 0 Å². The van der Waals surface area contributed by atoms with E-state index in [1.807, 2.05) is 0 Å². The highest BCUT2D eigenvalue weighted by atomic mass is 15.3. The fraction of sp³-hybridized carbons (Fsp3) is 0.667. The summed E-state index contributed by atoms with van der Waals surface area (Å²) in [6.45, 7) is 6.08. The van der Waals surface area contributed by atoms with Crippen molar-refractivity contribution in [2.45, 2.75) is 44.2 Å². The molecular weight excluding hydrogens is 258 g/mol. The van der Waals surface area contributed by atoms with Crippen molar-refractivity contribution >= 4 is 0 Å². The van der Waals surface area contributed by atoms with Gasteiger partial charge in [-0.15, -0.1) is 0 Å². The van der Waals surface area contributed by atoms with E-state index in [2.05, 4.69) is 40.1 Å². The molecule has 116 valence electrons. The Bertz CT molecular complexity index is 406. The zero-order chi connectivity index (χ0) is 14.5. The molecule has 1 atom stereocenters. The van der Waals surface area contributed by atoms with Crippen LogP contribution in [-0.2, 0) is 0 Å². The van der Waals surface area contributed by atoms with E-state index in [1.165, 1.54) is 57.4 Å². The Morgan fingerprint density at radius 3 is 2.33 bits per heavy atom. The van der Waals surface area contributed by atoms with Crippen molar-refractivity contribution in [3.05, 3.63) is 35.9 Å². The highest BCUT2D eigenvalue weighted by Crippen LogP contribution is 2.24. The Balaban J connectivity index is 1.39. The minimum absolute atomic E-state index is 0.180. The normalized spacial score (nSPS) is 23.5. The molecule has 1 aliphatic carbocycles. The van der Waals surface area contributed by atoms with Gasteiger partial charge in [-0.05, 0) is 24.8 Å². The second-order valence-electron chi connectivity index (χ2n) is 6.62. The molecule has 2 N–H and O–H groups in total. The number of hydrogen-bond donors (Lipinski definition) is 1. The highest BCUT2D eigenvalue weighted by molar-refractivity contribution is 5.18. The summed E-state index contributed by atoms with van der Waals surface area (Å²) in [4.78, 5) is 5.31. The predicted molar refractivity (Wildman–Crippen MR) is 88.3 cm³/mol. The maximum atomic E-state index is 6.30. The fourth-order valence-electron chi connectivity index (χ4n) is 3.81. The van der Waals surface area contributed by atoms with Crippen molar-refractivity contribution in [1.29, 1.82) is 0 Å². The summed E-state index contributed by atoms with van der Waals surface area (Å²) >= 11 is 0. The summed E-state index contributed by atoms with van der Waals surface area (Å²) in [6, 6.07) is 11.6. The summed E-state index contributed by atoms with van der Waals surface area (Å²) in [7, 11) is 0. The van der Waals surface area contributed by atoms with Crippen molar-refractivity contribution in [2.24, 2.45) is 5.73 Å². The van der Waals surface area contributed by atoms with Crippen LogP contribution in [0.1, 0.15) is 43.7 Å². The second-order valence-corrected chi connectivity index (χ2v) is 6.62. The third kappa shape index (κ3) is 4.06. The molecule has 0 aromatic heterocycles. The van der Waals surface area contributed by atoms with Crippen LogP contribution >= 0.6 is 0 Å².